The van der Waals surface area contributed by atoms with E-state index >= 15 is 0 Å². The van der Waals surface area contributed by atoms with E-state index < -0.39 is 0 Å². The van der Waals surface area contributed by atoms with Crippen molar-refractivity contribution in [1.29, 1.82) is 0 Å². The van der Waals surface area contributed by atoms with Gasteiger partial charge >= 0.3 is 0 Å². The number of pyridine rings is 1. The molecule has 1 aromatic rings. The van der Waals surface area contributed by atoms with Gasteiger partial charge in [-0.15, -0.1) is 0 Å². The maximum atomic E-state index is 6.00. The molecule has 0 spiro atoms. The molecule has 3 nitrogen and oxygen atoms in total. The predicted octanol–water partition coefficient (Wildman–Crippen LogP) is 3.37. The van der Waals surface area contributed by atoms with E-state index in [1.54, 1.807) is 12.3 Å². The second-order valence-corrected chi connectivity index (χ2v) is 4.70. The maximum absolute atomic E-state index is 6.00. The zero-order valence-electron chi connectivity index (χ0n) is 8.88. The highest BCUT2D eigenvalue weighted by atomic mass is 35.5. The number of aromatic nitrogens is 1. The topological polar surface area (TPSA) is 34.2 Å². The number of nitrogens with zero attached hydrogens (tertiary/aromatic N) is 1. The van der Waals surface area contributed by atoms with Crippen LogP contribution in [0, 0.1) is 0 Å². The van der Waals surface area contributed by atoms with E-state index in [1.807, 2.05) is 0 Å². The molecule has 5 heteroatoms. The molecular weight excluding hydrogens is 247 g/mol. The Labute approximate surface area is 105 Å². The maximum Gasteiger partial charge on any atom is 0.144 e. The van der Waals surface area contributed by atoms with E-state index in [9.17, 15) is 0 Å². The van der Waals surface area contributed by atoms with Crippen molar-refractivity contribution in [1.82, 2.24) is 4.98 Å². The molecule has 16 heavy (non-hydrogen) atoms. The van der Waals surface area contributed by atoms with Crippen LogP contribution in [0.2, 0.25) is 10.0 Å². The average molecular weight is 261 g/mol. The summed E-state index contributed by atoms with van der Waals surface area (Å²) in [5.41, 5.74) is 0. The van der Waals surface area contributed by atoms with Gasteiger partial charge in [-0.3, -0.25) is 0 Å². The third kappa shape index (κ3) is 3.24. The van der Waals surface area contributed by atoms with Crippen LogP contribution in [-0.4, -0.2) is 24.2 Å². The van der Waals surface area contributed by atoms with Crippen molar-refractivity contribution >= 4 is 29.0 Å². The van der Waals surface area contributed by atoms with Gasteiger partial charge in [0.2, 0.25) is 0 Å². The molecule has 1 unspecified atom stereocenters. The highest BCUT2D eigenvalue weighted by molar-refractivity contribution is 6.35. The summed E-state index contributed by atoms with van der Waals surface area (Å²) in [5, 5.41) is 4.27. The zero-order chi connectivity index (χ0) is 11.4. The molecule has 1 saturated heterocycles. The van der Waals surface area contributed by atoms with E-state index in [0.717, 1.165) is 26.0 Å². The summed E-state index contributed by atoms with van der Waals surface area (Å²) in [7, 11) is 0. The zero-order valence-corrected chi connectivity index (χ0v) is 10.4. The van der Waals surface area contributed by atoms with Crippen molar-refractivity contribution in [3.8, 4) is 0 Å². The number of rotatable bonds is 3. The summed E-state index contributed by atoms with van der Waals surface area (Å²) in [5.74, 6) is 0.667. The summed E-state index contributed by atoms with van der Waals surface area (Å²) in [6.07, 6.45) is 5.34. The van der Waals surface area contributed by atoms with Crippen LogP contribution in [0.25, 0.3) is 0 Å². The molecular formula is C11H14Cl2N2O. The second-order valence-electron chi connectivity index (χ2n) is 3.85. The highest BCUT2D eigenvalue weighted by Crippen LogP contribution is 2.23. The Kier molecular flexibility index (Phi) is 4.27. The molecule has 1 atom stereocenters. The molecule has 0 aromatic carbocycles. The summed E-state index contributed by atoms with van der Waals surface area (Å²) >= 11 is 11.8. The van der Waals surface area contributed by atoms with Gasteiger partial charge in [-0.1, -0.05) is 23.2 Å². The molecule has 1 aromatic heterocycles. The number of halogens is 2. The van der Waals surface area contributed by atoms with E-state index in [4.69, 9.17) is 27.9 Å². The lowest BCUT2D eigenvalue weighted by Crippen LogP contribution is -2.27. The van der Waals surface area contributed by atoms with Gasteiger partial charge in [-0.25, -0.2) is 4.98 Å². The Hall–Kier alpha value is -0.510. The van der Waals surface area contributed by atoms with Crippen LogP contribution in [0.3, 0.4) is 0 Å². The van der Waals surface area contributed by atoms with Gasteiger partial charge in [0.05, 0.1) is 16.1 Å². The van der Waals surface area contributed by atoms with Crippen molar-refractivity contribution in [3.05, 3.63) is 22.3 Å². The van der Waals surface area contributed by atoms with Crippen LogP contribution in [0.15, 0.2) is 12.3 Å². The predicted molar refractivity (Wildman–Crippen MR) is 66.3 cm³/mol. The minimum Gasteiger partial charge on any atom is -0.376 e. The number of anilines is 1. The third-order valence-corrected chi connectivity index (χ3v) is 3.07. The van der Waals surface area contributed by atoms with E-state index in [1.165, 1.54) is 6.42 Å². The van der Waals surface area contributed by atoms with Crippen LogP contribution in [0.1, 0.15) is 19.3 Å². The minimum atomic E-state index is 0.266. The molecule has 88 valence electrons. The van der Waals surface area contributed by atoms with E-state index in [-0.39, 0.29) is 6.10 Å². The SMILES string of the molecule is Clc1cnc(NCC2CCCCO2)c(Cl)c1. The number of ether oxygens (including phenoxy) is 1. The summed E-state index contributed by atoms with van der Waals surface area (Å²) in [4.78, 5) is 4.13. The first-order valence-corrected chi connectivity index (χ1v) is 6.18. The van der Waals surface area contributed by atoms with E-state index in [0.29, 0.717) is 15.9 Å². The highest BCUT2D eigenvalue weighted by Gasteiger charge is 2.14. The first-order valence-electron chi connectivity index (χ1n) is 5.42. The normalized spacial score (nSPS) is 20.8. The van der Waals surface area contributed by atoms with Gasteiger partial charge in [0.1, 0.15) is 5.82 Å². The first-order chi connectivity index (χ1) is 7.75. The Morgan fingerprint density at radius 3 is 3.00 bits per heavy atom. The van der Waals surface area contributed by atoms with Crippen LogP contribution < -0.4 is 5.32 Å². The summed E-state index contributed by atoms with van der Waals surface area (Å²) < 4.78 is 5.60. The third-order valence-electron chi connectivity index (χ3n) is 2.58. The fourth-order valence-electron chi connectivity index (χ4n) is 1.72. The molecule has 2 rings (SSSR count). The Balaban J connectivity index is 1.88. The first kappa shape index (κ1) is 12.0. The number of nitrogens with one attached hydrogen (secondary N) is 1. The summed E-state index contributed by atoms with van der Waals surface area (Å²) in [6, 6.07) is 1.68. The van der Waals surface area contributed by atoms with Crippen LogP contribution >= 0.6 is 23.2 Å². The molecule has 1 fully saturated rings. The minimum absolute atomic E-state index is 0.266. The quantitative estimate of drug-likeness (QED) is 0.905. The van der Waals surface area contributed by atoms with Crippen molar-refractivity contribution < 1.29 is 4.74 Å². The lowest BCUT2D eigenvalue weighted by atomic mass is 10.1. The van der Waals surface area contributed by atoms with Gasteiger partial charge in [0.15, 0.2) is 0 Å². The Morgan fingerprint density at radius 1 is 1.44 bits per heavy atom. The van der Waals surface area contributed by atoms with Crippen molar-refractivity contribution in [2.45, 2.75) is 25.4 Å². The van der Waals surface area contributed by atoms with Crippen molar-refractivity contribution in [2.75, 3.05) is 18.5 Å². The number of hydrogen-bond acceptors (Lipinski definition) is 3. The molecule has 0 bridgehead atoms. The van der Waals surface area contributed by atoms with Crippen LogP contribution in [-0.2, 0) is 4.74 Å². The molecule has 1 aliphatic heterocycles. The molecule has 1 N–H and O–H groups in total. The van der Waals surface area contributed by atoms with Crippen molar-refractivity contribution in [3.63, 3.8) is 0 Å². The lowest BCUT2D eigenvalue weighted by Gasteiger charge is -2.23. The van der Waals surface area contributed by atoms with Crippen LogP contribution in [0.4, 0.5) is 5.82 Å². The molecule has 0 aliphatic carbocycles. The van der Waals surface area contributed by atoms with Gasteiger partial charge < -0.3 is 10.1 Å². The lowest BCUT2D eigenvalue weighted by molar-refractivity contribution is 0.0247. The standard InChI is InChI=1S/C11H14Cl2N2O/c12-8-5-10(13)11(14-6-8)15-7-9-3-1-2-4-16-9/h5-6,9H,1-4,7H2,(H,14,15). The average Bonchev–Trinajstić information content (AvgIpc) is 2.29. The molecule has 0 saturated carbocycles. The van der Waals surface area contributed by atoms with Crippen LogP contribution in [0.5, 0.6) is 0 Å². The van der Waals surface area contributed by atoms with Gasteiger partial charge in [0.25, 0.3) is 0 Å². The van der Waals surface area contributed by atoms with Gasteiger partial charge in [0, 0.05) is 19.3 Å². The molecule has 0 radical (unpaired) electrons. The second kappa shape index (κ2) is 5.71. The monoisotopic (exact) mass is 260 g/mol. The van der Waals surface area contributed by atoms with Gasteiger partial charge in [-0.05, 0) is 25.3 Å². The fourth-order valence-corrected chi connectivity index (χ4v) is 2.17. The largest absolute Gasteiger partial charge is 0.376 e. The number of hydrogen-bond donors (Lipinski definition) is 1. The Morgan fingerprint density at radius 2 is 2.31 bits per heavy atom. The Bertz CT molecular complexity index is 354. The fraction of sp³-hybridized carbons (Fsp3) is 0.545. The molecule has 1 aliphatic rings. The smallest absolute Gasteiger partial charge is 0.144 e. The van der Waals surface area contributed by atoms with Crippen molar-refractivity contribution in [2.24, 2.45) is 0 Å². The van der Waals surface area contributed by atoms with E-state index in [2.05, 4.69) is 10.3 Å². The molecule has 2 heterocycles. The summed E-state index contributed by atoms with van der Waals surface area (Å²) in [6.45, 7) is 1.60. The van der Waals surface area contributed by atoms with Gasteiger partial charge in [-0.2, -0.15) is 0 Å². The molecule has 0 amide bonds.